The number of methoxy groups -OCH3 is 1. The van der Waals surface area contributed by atoms with Crippen LogP contribution in [0.3, 0.4) is 0 Å². The van der Waals surface area contributed by atoms with Crippen molar-refractivity contribution in [2.45, 2.75) is 54.5 Å². The lowest BCUT2D eigenvalue weighted by molar-refractivity contribution is -0.140. The van der Waals surface area contributed by atoms with Gasteiger partial charge in [0.15, 0.2) is 11.5 Å². The molecule has 1 unspecified atom stereocenters. The summed E-state index contributed by atoms with van der Waals surface area (Å²) in [6.45, 7) is 5.85. The van der Waals surface area contributed by atoms with Crippen molar-refractivity contribution in [3.8, 4) is 11.5 Å². The van der Waals surface area contributed by atoms with Gasteiger partial charge >= 0.3 is 12.1 Å². The number of thioether (sulfide) groups is 2. The summed E-state index contributed by atoms with van der Waals surface area (Å²) >= 11 is 20.7. The monoisotopic (exact) mass is 656 g/mol. The third-order valence-corrected chi connectivity index (χ3v) is 8.97. The molecule has 0 radical (unpaired) electrons. The molecule has 1 aliphatic heterocycles. The van der Waals surface area contributed by atoms with Crippen LogP contribution in [-0.4, -0.2) is 74.2 Å². The number of nitrogens with zero attached hydrogens (tertiary/aromatic N) is 1. The molecule has 0 saturated carbocycles. The summed E-state index contributed by atoms with van der Waals surface area (Å²) < 4.78 is 14.6. The number of aliphatic carboxylic acids is 1. The summed E-state index contributed by atoms with van der Waals surface area (Å²) in [7, 11) is 1.43. The van der Waals surface area contributed by atoms with Gasteiger partial charge in [0.1, 0.15) is 6.61 Å². The number of benzene rings is 1. The van der Waals surface area contributed by atoms with Crippen molar-refractivity contribution >= 4 is 82.0 Å². The molecule has 224 valence electrons. The van der Waals surface area contributed by atoms with Gasteiger partial charge < -0.3 is 24.2 Å². The second-order valence-corrected chi connectivity index (χ2v) is 14.5. The molecule has 2 N–H and O–H groups in total. The Morgan fingerprint density at radius 3 is 2.45 bits per heavy atom. The molecule has 0 aromatic heterocycles. The van der Waals surface area contributed by atoms with Gasteiger partial charge in [0.25, 0.3) is 5.91 Å². The number of hydrogen-bond acceptors (Lipinski definition) is 8. The fourth-order valence-corrected chi connectivity index (χ4v) is 6.98. The molecule has 2 amide bonds. The van der Waals surface area contributed by atoms with Crippen molar-refractivity contribution in [1.29, 1.82) is 0 Å². The maximum absolute atomic E-state index is 14.0. The van der Waals surface area contributed by atoms with Crippen LogP contribution in [0.1, 0.15) is 50.4 Å². The molecular formula is C26H35Cl3N2O7S2. The number of carbonyl (C=O) groups is 3. The third-order valence-electron chi connectivity index (χ3n) is 5.88. The van der Waals surface area contributed by atoms with Gasteiger partial charge in [0.05, 0.1) is 41.2 Å². The van der Waals surface area contributed by atoms with Crippen molar-refractivity contribution in [2.24, 2.45) is 5.92 Å². The van der Waals surface area contributed by atoms with Crippen LogP contribution >= 0.6 is 58.3 Å². The first-order valence-electron chi connectivity index (χ1n) is 12.7. The second kappa shape index (κ2) is 16.7. The Bertz CT molecular complexity index is 1050. The largest absolute Gasteiger partial charge is 0.493 e. The summed E-state index contributed by atoms with van der Waals surface area (Å²) in [5.74, 6) is 0.496. The number of anilines is 1. The minimum absolute atomic E-state index is 0.0210. The fraction of sp³-hybridized carbons (Fsp3) is 0.577. The van der Waals surface area contributed by atoms with E-state index in [1.807, 2.05) is 28.4 Å². The zero-order valence-electron chi connectivity index (χ0n) is 22.8. The van der Waals surface area contributed by atoms with Crippen LogP contribution in [-0.2, 0) is 9.53 Å². The van der Waals surface area contributed by atoms with E-state index in [1.165, 1.54) is 25.5 Å². The first-order chi connectivity index (χ1) is 18.9. The Kier molecular flexibility index (Phi) is 14.4. The molecule has 0 bridgehead atoms. The smallest absolute Gasteiger partial charge is 0.411 e. The minimum atomic E-state index is -1.81. The normalized spacial score (nSPS) is 16.3. The van der Waals surface area contributed by atoms with Gasteiger partial charge in [-0.25, -0.2) is 4.79 Å². The van der Waals surface area contributed by atoms with Gasteiger partial charge in [0, 0.05) is 12.6 Å². The molecular weight excluding hydrogens is 623 g/mol. The van der Waals surface area contributed by atoms with Gasteiger partial charge in [-0.2, -0.15) is 0 Å². The molecule has 14 heteroatoms. The molecule has 1 aromatic carbocycles. The second-order valence-electron chi connectivity index (χ2n) is 8.82. The van der Waals surface area contributed by atoms with Crippen LogP contribution in [0.15, 0.2) is 24.5 Å². The number of hydrogen-bond donors (Lipinski definition) is 2. The van der Waals surface area contributed by atoms with Crippen LogP contribution in [0.4, 0.5) is 10.5 Å². The molecule has 0 aliphatic carbocycles. The van der Waals surface area contributed by atoms with Gasteiger partial charge in [-0.15, -0.1) is 23.5 Å². The van der Waals surface area contributed by atoms with Crippen LogP contribution in [0, 0.1) is 5.92 Å². The number of rotatable bonds is 14. The van der Waals surface area contributed by atoms with Crippen molar-refractivity contribution < 1.29 is 33.7 Å². The lowest BCUT2D eigenvalue weighted by Gasteiger charge is -2.31. The number of halogens is 3. The first-order valence-corrected chi connectivity index (χ1v) is 16.0. The summed E-state index contributed by atoms with van der Waals surface area (Å²) in [6, 6.07) is 2.96. The van der Waals surface area contributed by atoms with Crippen LogP contribution in [0.25, 0.3) is 0 Å². The van der Waals surface area contributed by atoms with E-state index < -0.39 is 28.4 Å². The Labute approximate surface area is 258 Å². The lowest BCUT2D eigenvalue weighted by Crippen LogP contribution is -2.41. The van der Waals surface area contributed by atoms with Crippen LogP contribution in [0.2, 0.25) is 0 Å². The topological polar surface area (TPSA) is 114 Å². The van der Waals surface area contributed by atoms with Crippen LogP contribution < -0.4 is 14.8 Å². The number of carboxylic acids is 1. The minimum Gasteiger partial charge on any atom is -0.493 e. The van der Waals surface area contributed by atoms with Crippen molar-refractivity contribution in [2.75, 3.05) is 37.1 Å². The number of carbonyl (C=O) groups excluding carboxylic acids is 2. The predicted molar refractivity (Wildman–Crippen MR) is 164 cm³/mol. The molecule has 40 heavy (non-hydrogen) atoms. The number of ether oxygens (including phenoxy) is 3. The fourth-order valence-electron chi connectivity index (χ4n) is 3.95. The van der Waals surface area contributed by atoms with Gasteiger partial charge in [0.2, 0.25) is 3.79 Å². The zero-order valence-corrected chi connectivity index (χ0v) is 26.7. The Balaban J connectivity index is 2.42. The average Bonchev–Trinajstić information content (AvgIpc) is 3.39. The Morgan fingerprint density at radius 2 is 1.88 bits per heavy atom. The number of alkyl halides is 3. The van der Waals surface area contributed by atoms with E-state index >= 15 is 0 Å². The molecule has 9 nitrogen and oxygen atoms in total. The highest BCUT2D eigenvalue weighted by molar-refractivity contribution is 8.17. The van der Waals surface area contributed by atoms with Gasteiger partial charge in [-0.1, -0.05) is 55.6 Å². The molecule has 2 atom stereocenters. The maximum Gasteiger partial charge on any atom is 0.411 e. The standard InChI is InChI=1S/C26H35Cl3N2O7S2/c1-5-39-24(40-6-2)19-10-7-11-31(19)22(32)17-13-20(36-4)21(37-12-8-9-16(3)23(33)34)14-18(17)30-25(35)38-15-26(27,28)29/h8,12-14,16,19,24H,5-7,9-11,15H2,1-4H3,(H,30,35)(H,33,34)/t16?,19-/m0/s1. The Morgan fingerprint density at radius 1 is 1.20 bits per heavy atom. The third kappa shape index (κ3) is 10.6. The number of carboxylic acid groups (broad SMARTS) is 1. The quantitative estimate of drug-likeness (QED) is 0.123. The van der Waals surface area contributed by atoms with E-state index in [0.717, 1.165) is 24.3 Å². The predicted octanol–water partition coefficient (Wildman–Crippen LogP) is 7.05. The summed E-state index contributed by atoms with van der Waals surface area (Å²) in [5, 5.41) is 11.6. The SMILES string of the molecule is CCSC(SCC)[C@@H]1CCCN1C(=O)c1cc(OC)c(OC=CCC(C)C(=O)O)cc1NC(=O)OCC(Cl)(Cl)Cl. The highest BCUT2D eigenvalue weighted by Gasteiger charge is 2.36. The van der Waals surface area contributed by atoms with Crippen molar-refractivity contribution in [1.82, 2.24) is 4.90 Å². The molecule has 1 aromatic rings. The number of allylic oxidation sites excluding steroid dienone is 1. The number of nitrogens with one attached hydrogen (secondary N) is 1. The summed E-state index contributed by atoms with van der Waals surface area (Å²) in [4.78, 5) is 39.4. The van der Waals surface area contributed by atoms with Gasteiger partial charge in [-0.05, 0) is 42.9 Å². The molecule has 1 saturated heterocycles. The average molecular weight is 658 g/mol. The highest BCUT2D eigenvalue weighted by Crippen LogP contribution is 2.39. The zero-order chi connectivity index (χ0) is 29.9. The number of amides is 2. The first kappa shape index (κ1) is 34.5. The van der Waals surface area contributed by atoms with E-state index in [9.17, 15) is 14.4 Å². The summed E-state index contributed by atoms with van der Waals surface area (Å²) in [5.41, 5.74) is 0.308. The lowest BCUT2D eigenvalue weighted by atomic mass is 10.1. The van der Waals surface area contributed by atoms with E-state index in [1.54, 1.807) is 13.0 Å². The maximum atomic E-state index is 14.0. The van der Waals surface area contributed by atoms with E-state index in [-0.39, 0.29) is 45.7 Å². The Hall–Kier alpha value is -1.66. The molecule has 1 aliphatic rings. The van der Waals surface area contributed by atoms with E-state index in [0.29, 0.717) is 6.54 Å². The number of likely N-dealkylation sites (tertiary alicyclic amines) is 1. The molecule has 0 spiro atoms. The van der Waals surface area contributed by atoms with E-state index in [2.05, 4.69) is 19.2 Å². The summed E-state index contributed by atoms with van der Waals surface area (Å²) in [6.07, 6.45) is 3.95. The molecule has 2 rings (SSSR count). The molecule has 1 heterocycles. The van der Waals surface area contributed by atoms with E-state index in [4.69, 9.17) is 54.1 Å². The highest BCUT2D eigenvalue weighted by atomic mass is 35.6. The van der Waals surface area contributed by atoms with Crippen LogP contribution in [0.5, 0.6) is 11.5 Å². The van der Waals surface area contributed by atoms with Gasteiger partial charge in [-0.3, -0.25) is 14.9 Å². The molecule has 1 fully saturated rings. The van der Waals surface area contributed by atoms with Crippen molar-refractivity contribution in [3.63, 3.8) is 0 Å². The van der Waals surface area contributed by atoms with Crippen molar-refractivity contribution in [3.05, 3.63) is 30.0 Å².